The Hall–Kier alpha value is -3.60. The molecule has 0 bridgehead atoms. The summed E-state index contributed by atoms with van der Waals surface area (Å²) in [4.78, 5) is 35.4. The molecule has 1 saturated heterocycles. The second-order valence-corrected chi connectivity index (χ2v) is 6.98. The third-order valence-electron chi connectivity index (χ3n) is 4.58. The fourth-order valence-corrected chi connectivity index (χ4v) is 3.05. The van der Waals surface area contributed by atoms with Crippen LogP contribution in [-0.4, -0.2) is 37.0 Å². The highest BCUT2D eigenvalue weighted by atomic mass is 19.4. The van der Waals surface area contributed by atoms with Gasteiger partial charge in [0, 0.05) is 17.9 Å². The fraction of sp³-hybridized carbons (Fsp3) is 0.286. The molecule has 1 unspecified atom stereocenters. The Bertz CT molecular complexity index is 1020. The van der Waals surface area contributed by atoms with E-state index in [0.717, 1.165) is 12.1 Å². The second-order valence-electron chi connectivity index (χ2n) is 6.98. The number of halogens is 3. The first-order valence-corrected chi connectivity index (χ1v) is 9.60. The molecule has 0 saturated carbocycles. The summed E-state index contributed by atoms with van der Waals surface area (Å²) < 4.78 is 51.0. The van der Waals surface area contributed by atoms with Crippen LogP contribution in [0.25, 0.3) is 0 Å². The highest BCUT2D eigenvalue weighted by molar-refractivity contribution is 5.96. The maximum atomic E-state index is 13.5. The van der Waals surface area contributed by atoms with Crippen LogP contribution in [0.15, 0.2) is 42.5 Å². The number of alkyl halides is 3. The van der Waals surface area contributed by atoms with Crippen LogP contribution in [0.3, 0.4) is 0 Å². The molecule has 8 nitrogen and oxygen atoms in total. The van der Waals surface area contributed by atoms with E-state index in [2.05, 4.69) is 10.6 Å². The number of ether oxygens (including phenoxy) is 2. The van der Waals surface area contributed by atoms with Gasteiger partial charge in [0.2, 0.25) is 5.91 Å². The molecular formula is C21H20F3N3O5. The number of nitrogens with one attached hydrogen (secondary N) is 2. The van der Waals surface area contributed by atoms with Gasteiger partial charge in [-0.15, -0.1) is 0 Å². The van der Waals surface area contributed by atoms with Crippen LogP contribution >= 0.6 is 0 Å². The number of carbonyl (C=O) groups is 3. The van der Waals surface area contributed by atoms with Crippen molar-refractivity contribution in [3.05, 3.63) is 53.6 Å². The van der Waals surface area contributed by atoms with Crippen molar-refractivity contribution in [3.63, 3.8) is 0 Å². The zero-order valence-electron chi connectivity index (χ0n) is 16.7. The lowest BCUT2D eigenvalue weighted by molar-refractivity contribution is -0.137. The highest BCUT2D eigenvalue weighted by Crippen LogP contribution is 2.36. The Labute approximate surface area is 180 Å². The minimum Gasteiger partial charge on any atom is -0.484 e. The first kappa shape index (κ1) is 23.1. The van der Waals surface area contributed by atoms with Gasteiger partial charge in [0.1, 0.15) is 11.9 Å². The average molecular weight is 451 g/mol. The Morgan fingerprint density at radius 3 is 2.56 bits per heavy atom. The quantitative estimate of drug-likeness (QED) is 0.598. The van der Waals surface area contributed by atoms with Crippen molar-refractivity contribution < 1.29 is 37.0 Å². The molecule has 3 rings (SSSR count). The summed E-state index contributed by atoms with van der Waals surface area (Å²) in [5.74, 6) is -1.92. The lowest BCUT2D eigenvalue weighted by Gasteiger charge is -2.17. The van der Waals surface area contributed by atoms with E-state index in [-0.39, 0.29) is 17.0 Å². The van der Waals surface area contributed by atoms with Gasteiger partial charge in [-0.25, -0.2) is 0 Å². The zero-order valence-corrected chi connectivity index (χ0v) is 16.7. The van der Waals surface area contributed by atoms with Crippen molar-refractivity contribution in [2.45, 2.75) is 25.1 Å². The van der Waals surface area contributed by atoms with E-state index >= 15 is 0 Å². The van der Waals surface area contributed by atoms with Gasteiger partial charge in [0.05, 0.1) is 11.3 Å². The van der Waals surface area contributed by atoms with Gasteiger partial charge in [-0.3, -0.25) is 14.4 Å². The molecule has 1 aliphatic rings. The van der Waals surface area contributed by atoms with E-state index in [4.69, 9.17) is 15.2 Å². The van der Waals surface area contributed by atoms with E-state index in [9.17, 15) is 27.6 Å². The zero-order chi connectivity index (χ0) is 23.3. The van der Waals surface area contributed by atoms with Crippen molar-refractivity contribution in [2.24, 2.45) is 5.73 Å². The largest absolute Gasteiger partial charge is 0.484 e. The van der Waals surface area contributed by atoms with Crippen LogP contribution in [-0.2, 0) is 20.5 Å². The van der Waals surface area contributed by atoms with Gasteiger partial charge < -0.3 is 25.8 Å². The number of nitrogens with two attached hydrogens (primary N) is 1. The Morgan fingerprint density at radius 2 is 1.91 bits per heavy atom. The van der Waals surface area contributed by atoms with E-state index in [0.29, 0.717) is 19.4 Å². The number of carbonyl (C=O) groups excluding carboxylic acids is 3. The predicted octanol–water partition coefficient (Wildman–Crippen LogP) is 2.94. The highest BCUT2D eigenvalue weighted by Gasteiger charge is 2.35. The van der Waals surface area contributed by atoms with Crippen molar-refractivity contribution in [1.29, 1.82) is 0 Å². The molecule has 0 aliphatic carbocycles. The van der Waals surface area contributed by atoms with Gasteiger partial charge >= 0.3 is 6.18 Å². The molecule has 2 aromatic rings. The summed E-state index contributed by atoms with van der Waals surface area (Å²) in [6.45, 7) is -0.178. The molecule has 3 amide bonds. The van der Waals surface area contributed by atoms with Crippen molar-refractivity contribution >= 4 is 29.1 Å². The fourth-order valence-electron chi connectivity index (χ4n) is 3.05. The van der Waals surface area contributed by atoms with Crippen LogP contribution in [0.2, 0.25) is 0 Å². The molecule has 2 aromatic carbocycles. The smallest absolute Gasteiger partial charge is 0.418 e. The van der Waals surface area contributed by atoms with Crippen LogP contribution in [0.4, 0.5) is 24.5 Å². The topological polar surface area (TPSA) is 120 Å². The summed E-state index contributed by atoms with van der Waals surface area (Å²) in [6.07, 6.45) is -4.29. The van der Waals surface area contributed by atoms with Crippen LogP contribution < -0.4 is 21.1 Å². The number of rotatable bonds is 7. The number of hydrogen-bond acceptors (Lipinski definition) is 5. The standard InChI is InChI=1S/C21H20F3N3O5/c22-21(23,24)15-10-13(26-20(30)17-5-2-8-31-17)6-7-16(15)27-18(28)11-32-14-4-1-3-12(9-14)19(25)29/h1,3-4,6-7,9-10,17H,2,5,8,11H2,(H2,25,29)(H,26,30)(H,27,28). The molecule has 11 heteroatoms. The molecule has 0 spiro atoms. The van der Waals surface area contributed by atoms with Crippen molar-refractivity contribution in [2.75, 3.05) is 23.8 Å². The first-order chi connectivity index (χ1) is 15.1. The molecule has 170 valence electrons. The molecule has 32 heavy (non-hydrogen) atoms. The molecule has 1 aliphatic heterocycles. The minimum atomic E-state index is -4.79. The van der Waals surface area contributed by atoms with Crippen molar-refractivity contribution in [3.8, 4) is 5.75 Å². The van der Waals surface area contributed by atoms with E-state index in [1.54, 1.807) is 0 Å². The van der Waals surface area contributed by atoms with Crippen molar-refractivity contribution in [1.82, 2.24) is 0 Å². The lowest BCUT2D eigenvalue weighted by atomic mass is 10.1. The van der Waals surface area contributed by atoms with Gasteiger partial charge in [-0.1, -0.05) is 6.07 Å². The third kappa shape index (κ3) is 5.97. The third-order valence-corrected chi connectivity index (χ3v) is 4.58. The Kier molecular flexibility index (Phi) is 6.98. The number of primary amides is 1. The van der Waals surface area contributed by atoms with E-state index < -0.39 is 47.9 Å². The van der Waals surface area contributed by atoms with Gasteiger partial charge in [0.15, 0.2) is 6.61 Å². The lowest BCUT2D eigenvalue weighted by Crippen LogP contribution is -2.27. The van der Waals surface area contributed by atoms with Gasteiger partial charge in [-0.05, 0) is 49.2 Å². The molecule has 1 fully saturated rings. The van der Waals surface area contributed by atoms with Crippen LogP contribution in [0.1, 0.15) is 28.8 Å². The molecule has 0 radical (unpaired) electrons. The normalized spacial score (nSPS) is 15.8. The molecule has 1 atom stereocenters. The summed E-state index contributed by atoms with van der Waals surface area (Å²) in [6, 6.07) is 8.73. The van der Waals surface area contributed by atoms with Gasteiger partial charge in [-0.2, -0.15) is 13.2 Å². The summed E-state index contributed by atoms with van der Waals surface area (Å²) in [5, 5.41) is 4.55. The minimum absolute atomic E-state index is 0.0738. The first-order valence-electron chi connectivity index (χ1n) is 9.60. The number of amides is 3. The summed E-state index contributed by atoms with van der Waals surface area (Å²) in [5.41, 5.74) is 3.62. The SMILES string of the molecule is NC(=O)c1cccc(OCC(=O)Nc2ccc(NC(=O)C3CCCO3)cc2C(F)(F)F)c1. The second kappa shape index (κ2) is 9.69. The van der Waals surface area contributed by atoms with Crippen LogP contribution in [0, 0.1) is 0 Å². The molecule has 0 aromatic heterocycles. The van der Waals surface area contributed by atoms with Crippen LogP contribution in [0.5, 0.6) is 5.75 Å². The predicted molar refractivity (Wildman–Crippen MR) is 108 cm³/mol. The number of anilines is 2. The van der Waals surface area contributed by atoms with E-state index in [1.807, 2.05) is 0 Å². The maximum Gasteiger partial charge on any atom is 0.418 e. The number of hydrogen-bond donors (Lipinski definition) is 3. The molecule has 4 N–H and O–H groups in total. The molecular weight excluding hydrogens is 431 g/mol. The van der Waals surface area contributed by atoms with E-state index in [1.165, 1.54) is 30.3 Å². The average Bonchev–Trinajstić information content (AvgIpc) is 3.28. The van der Waals surface area contributed by atoms with Gasteiger partial charge in [0.25, 0.3) is 11.8 Å². The summed E-state index contributed by atoms with van der Waals surface area (Å²) in [7, 11) is 0. The summed E-state index contributed by atoms with van der Waals surface area (Å²) >= 11 is 0. The monoisotopic (exact) mass is 451 g/mol. The Balaban J connectivity index is 1.68. The Morgan fingerprint density at radius 1 is 1.12 bits per heavy atom. The number of benzene rings is 2. The maximum absolute atomic E-state index is 13.5. The molecule has 1 heterocycles.